The Bertz CT molecular complexity index is 866. The SMILES string of the molecule is CCOc1ccccc1C(=O)N[C@H](C(=O)Nc1ccc2c(c1)OCO2)C(C)C. The van der Waals surface area contributed by atoms with Crippen LogP contribution in [0.3, 0.4) is 0 Å². The summed E-state index contributed by atoms with van der Waals surface area (Å²) >= 11 is 0. The van der Waals surface area contributed by atoms with E-state index in [1.54, 1.807) is 42.5 Å². The van der Waals surface area contributed by atoms with Crippen molar-refractivity contribution >= 4 is 17.5 Å². The van der Waals surface area contributed by atoms with Crippen LogP contribution >= 0.6 is 0 Å². The number of carbonyl (C=O) groups is 2. The summed E-state index contributed by atoms with van der Waals surface area (Å²) in [5.41, 5.74) is 0.967. The molecule has 0 unspecified atom stereocenters. The van der Waals surface area contributed by atoms with Gasteiger partial charge in [-0.1, -0.05) is 26.0 Å². The predicted molar refractivity (Wildman–Crippen MR) is 105 cm³/mol. The largest absolute Gasteiger partial charge is 0.493 e. The molecule has 28 heavy (non-hydrogen) atoms. The maximum atomic E-state index is 12.8. The maximum Gasteiger partial charge on any atom is 0.255 e. The molecule has 0 radical (unpaired) electrons. The molecule has 2 aromatic rings. The summed E-state index contributed by atoms with van der Waals surface area (Å²) in [5, 5.41) is 5.65. The van der Waals surface area contributed by atoms with Crippen LogP contribution in [0.5, 0.6) is 17.2 Å². The molecular formula is C21H24N2O5. The lowest BCUT2D eigenvalue weighted by Crippen LogP contribution is -2.47. The molecule has 0 saturated heterocycles. The van der Waals surface area contributed by atoms with Gasteiger partial charge in [0.05, 0.1) is 12.2 Å². The van der Waals surface area contributed by atoms with E-state index in [2.05, 4.69) is 10.6 Å². The molecule has 0 bridgehead atoms. The van der Waals surface area contributed by atoms with Gasteiger partial charge < -0.3 is 24.8 Å². The molecule has 1 aliphatic heterocycles. The number of amides is 2. The first kappa shape index (κ1) is 19.5. The van der Waals surface area contributed by atoms with Gasteiger partial charge in [-0.05, 0) is 37.1 Å². The Morgan fingerprint density at radius 2 is 1.86 bits per heavy atom. The number of nitrogens with one attached hydrogen (secondary N) is 2. The summed E-state index contributed by atoms with van der Waals surface area (Å²) in [6.07, 6.45) is 0. The molecule has 0 saturated carbocycles. The lowest BCUT2D eigenvalue weighted by Gasteiger charge is -2.22. The molecule has 0 fully saturated rings. The number of benzene rings is 2. The van der Waals surface area contributed by atoms with Crippen LogP contribution < -0.4 is 24.8 Å². The van der Waals surface area contributed by atoms with Crippen molar-refractivity contribution in [2.24, 2.45) is 5.92 Å². The lowest BCUT2D eigenvalue weighted by atomic mass is 10.0. The van der Waals surface area contributed by atoms with Gasteiger partial charge in [-0.3, -0.25) is 9.59 Å². The molecule has 1 atom stereocenters. The minimum Gasteiger partial charge on any atom is -0.493 e. The molecular weight excluding hydrogens is 360 g/mol. The molecule has 3 rings (SSSR count). The Kier molecular flexibility index (Phi) is 6.03. The fourth-order valence-electron chi connectivity index (χ4n) is 2.88. The Balaban J connectivity index is 1.72. The van der Waals surface area contributed by atoms with Crippen molar-refractivity contribution in [2.75, 3.05) is 18.7 Å². The fourth-order valence-corrected chi connectivity index (χ4v) is 2.88. The average molecular weight is 384 g/mol. The molecule has 7 nitrogen and oxygen atoms in total. The highest BCUT2D eigenvalue weighted by molar-refractivity contribution is 6.02. The van der Waals surface area contributed by atoms with E-state index in [-0.39, 0.29) is 24.5 Å². The predicted octanol–water partition coefficient (Wildman–Crippen LogP) is 3.21. The molecule has 1 aliphatic rings. The molecule has 2 amide bonds. The normalized spacial score (nSPS) is 13.1. The Labute approximate surface area is 164 Å². The summed E-state index contributed by atoms with van der Waals surface area (Å²) in [6.45, 7) is 6.21. The average Bonchev–Trinajstić information content (AvgIpc) is 3.14. The number of ether oxygens (including phenoxy) is 3. The zero-order valence-corrected chi connectivity index (χ0v) is 16.2. The van der Waals surface area contributed by atoms with Gasteiger partial charge in [-0.15, -0.1) is 0 Å². The maximum absolute atomic E-state index is 12.8. The van der Waals surface area contributed by atoms with Crippen LogP contribution in [0.2, 0.25) is 0 Å². The topological polar surface area (TPSA) is 85.9 Å². The van der Waals surface area contributed by atoms with E-state index in [0.717, 1.165) is 0 Å². The highest BCUT2D eigenvalue weighted by Gasteiger charge is 2.26. The first-order valence-electron chi connectivity index (χ1n) is 9.22. The quantitative estimate of drug-likeness (QED) is 0.766. The van der Waals surface area contributed by atoms with Crippen molar-refractivity contribution < 1.29 is 23.8 Å². The zero-order valence-electron chi connectivity index (χ0n) is 16.2. The van der Waals surface area contributed by atoms with Crippen LogP contribution in [0, 0.1) is 5.92 Å². The van der Waals surface area contributed by atoms with E-state index >= 15 is 0 Å². The molecule has 0 aromatic heterocycles. The standard InChI is InChI=1S/C21H24N2O5/c1-4-26-16-8-6-5-7-15(16)20(24)23-19(13(2)3)21(25)22-14-9-10-17-18(11-14)28-12-27-17/h5-11,13,19H,4,12H2,1-3H3,(H,22,25)(H,23,24)/t19-/m0/s1. The van der Waals surface area contributed by atoms with Crippen molar-refractivity contribution in [3.63, 3.8) is 0 Å². The van der Waals surface area contributed by atoms with E-state index in [9.17, 15) is 9.59 Å². The van der Waals surface area contributed by atoms with Crippen LogP contribution in [0.25, 0.3) is 0 Å². The zero-order chi connectivity index (χ0) is 20.1. The second-order valence-electron chi connectivity index (χ2n) is 6.68. The van der Waals surface area contributed by atoms with Crippen molar-refractivity contribution in [1.82, 2.24) is 5.32 Å². The molecule has 0 aliphatic carbocycles. The summed E-state index contributed by atoms with van der Waals surface area (Å²) in [6, 6.07) is 11.4. The molecule has 1 heterocycles. The summed E-state index contributed by atoms with van der Waals surface area (Å²) < 4.78 is 16.1. The van der Waals surface area contributed by atoms with Gasteiger partial charge in [-0.25, -0.2) is 0 Å². The Morgan fingerprint density at radius 1 is 1.11 bits per heavy atom. The van der Waals surface area contributed by atoms with Gasteiger partial charge in [0.25, 0.3) is 5.91 Å². The third kappa shape index (κ3) is 4.36. The number of carbonyl (C=O) groups excluding carboxylic acids is 2. The number of rotatable bonds is 7. The fraction of sp³-hybridized carbons (Fsp3) is 0.333. The summed E-state index contributed by atoms with van der Waals surface area (Å²) in [7, 11) is 0. The molecule has 2 aromatic carbocycles. The summed E-state index contributed by atoms with van der Waals surface area (Å²) in [5.74, 6) is 0.922. The van der Waals surface area contributed by atoms with Gasteiger partial charge >= 0.3 is 0 Å². The molecule has 148 valence electrons. The molecule has 2 N–H and O–H groups in total. The van der Waals surface area contributed by atoms with Crippen molar-refractivity contribution in [3.05, 3.63) is 48.0 Å². The van der Waals surface area contributed by atoms with Gasteiger partial charge in [0.15, 0.2) is 11.5 Å². The Morgan fingerprint density at radius 3 is 2.61 bits per heavy atom. The number of anilines is 1. The van der Waals surface area contributed by atoms with E-state index in [0.29, 0.717) is 35.1 Å². The monoisotopic (exact) mass is 384 g/mol. The van der Waals surface area contributed by atoms with Crippen LogP contribution in [-0.4, -0.2) is 31.3 Å². The highest BCUT2D eigenvalue weighted by atomic mass is 16.7. The van der Waals surface area contributed by atoms with Crippen molar-refractivity contribution in [2.45, 2.75) is 26.8 Å². The van der Waals surface area contributed by atoms with E-state index in [4.69, 9.17) is 14.2 Å². The van der Waals surface area contributed by atoms with Gasteiger partial charge in [0.2, 0.25) is 12.7 Å². The minimum atomic E-state index is -0.715. The van der Waals surface area contributed by atoms with Crippen LogP contribution in [-0.2, 0) is 4.79 Å². The molecule has 0 spiro atoms. The lowest BCUT2D eigenvalue weighted by molar-refractivity contribution is -0.118. The van der Waals surface area contributed by atoms with Crippen LogP contribution in [0.15, 0.2) is 42.5 Å². The number of hydrogen-bond donors (Lipinski definition) is 2. The van der Waals surface area contributed by atoms with Crippen molar-refractivity contribution in [1.29, 1.82) is 0 Å². The van der Waals surface area contributed by atoms with Crippen LogP contribution in [0.4, 0.5) is 5.69 Å². The van der Waals surface area contributed by atoms with Gasteiger partial charge in [-0.2, -0.15) is 0 Å². The Hall–Kier alpha value is -3.22. The van der Waals surface area contributed by atoms with Gasteiger partial charge in [0, 0.05) is 11.8 Å². The second kappa shape index (κ2) is 8.65. The van der Waals surface area contributed by atoms with E-state index < -0.39 is 6.04 Å². The number of fused-ring (bicyclic) bond motifs is 1. The smallest absolute Gasteiger partial charge is 0.255 e. The van der Waals surface area contributed by atoms with E-state index in [1.165, 1.54) is 0 Å². The number of para-hydroxylation sites is 1. The minimum absolute atomic E-state index is 0.114. The third-order valence-electron chi connectivity index (χ3n) is 4.31. The first-order valence-corrected chi connectivity index (χ1v) is 9.22. The molecule has 7 heteroatoms. The van der Waals surface area contributed by atoms with Crippen LogP contribution in [0.1, 0.15) is 31.1 Å². The first-order chi connectivity index (χ1) is 13.5. The highest BCUT2D eigenvalue weighted by Crippen LogP contribution is 2.34. The summed E-state index contributed by atoms with van der Waals surface area (Å²) in [4.78, 5) is 25.6. The van der Waals surface area contributed by atoms with Crippen molar-refractivity contribution in [3.8, 4) is 17.2 Å². The number of hydrogen-bond acceptors (Lipinski definition) is 5. The second-order valence-corrected chi connectivity index (χ2v) is 6.68. The van der Waals surface area contributed by atoms with E-state index in [1.807, 2.05) is 20.8 Å². The van der Waals surface area contributed by atoms with Gasteiger partial charge in [0.1, 0.15) is 11.8 Å². The third-order valence-corrected chi connectivity index (χ3v) is 4.31.